The lowest BCUT2D eigenvalue weighted by molar-refractivity contribution is -0.143. The number of benzene rings is 1. The van der Waals surface area contributed by atoms with Crippen LogP contribution in [0, 0.1) is 17.8 Å². The molecule has 2 bridgehead atoms. The fraction of sp³-hybridized carbons (Fsp3) is 0.640. The molecular weight excluding hydrogens is 438 g/mol. The van der Waals surface area contributed by atoms with Crippen LogP contribution >= 0.6 is 11.8 Å². The summed E-state index contributed by atoms with van der Waals surface area (Å²) < 4.78 is -0.627. The fourth-order valence-electron chi connectivity index (χ4n) is 5.93. The summed E-state index contributed by atoms with van der Waals surface area (Å²) in [6, 6.07) is 8.50. The van der Waals surface area contributed by atoms with E-state index in [9.17, 15) is 19.5 Å². The summed E-state index contributed by atoms with van der Waals surface area (Å²) in [6.45, 7) is 7.90. The third-order valence-corrected chi connectivity index (χ3v) is 9.30. The van der Waals surface area contributed by atoms with E-state index < -0.39 is 28.7 Å². The Morgan fingerprint density at radius 3 is 2.48 bits per heavy atom. The quantitative estimate of drug-likeness (QED) is 0.536. The van der Waals surface area contributed by atoms with Crippen LogP contribution in [-0.4, -0.2) is 62.5 Å². The van der Waals surface area contributed by atoms with Crippen molar-refractivity contribution in [1.82, 2.24) is 15.5 Å². The fourth-order valence-corrected chi connectivity index (χ4v) is 8.14. The minimum absolute atomic E-state index is 0.0175. The van der Waals surface area contributed by atoms with Gasteiger partial charge in [-0.15, -0.1) is 11.8 Å². The van der Waals surface area contributed by atoms with Crippen LogP contribution in [0.15, 0.2) is 30.3 Å². The van der Waals surface area contributed by atoms with Crippen LogP contribution in [0.1, 0.15) is 46.1 Å². The first-order valence-corrected chi connectivity index (χ1v) is 12.8. The van der Waals surface area contributed by atoms with Gasteiger partial charge < -0.3 is 20.6 Å². The van der Waals surface area contributed by atoms with Crippen LogP contribution in [0.3, 0.4) is 0 Å². The van der Waals surface area contributed by atoms with Crippen molar-refractivity contribution in [3.8, 4) is 0 Å². The highest BCUT2D eigenvalue weighted by atomic mass is 32.2. The van der Waals surface area contributed by atoms with E-state index in [1.807, 2.05) is 58.0 Å². The van der Waals surface area contributed by atoms with E-state index in [1.54, 1.807) is 16.7 Å². The average molecular weight is 474 g/mol. The first-order valence-electron chi connectivity index (χ1n) is 11.9. The van der Waals surface area contributed by atoms with Crippen molar-refractivity contribution in [3.63, 3.8) is 0 Å². The van der Waals surface area contributed by atoms with Crippen molar-refractivity contribution in [1.29, 1.82) is 0 Å². The van der Waals surface area contributed by atoms with Crippen LogP contribution < -0.4 is 10.6 Å². The van der Waals surface area contributed by atoms with Crippen LogP contribution in [0.5, 0.6) is 0 Å². The van der Waals surface area contributed by atoms with E-state index >= 15 is 0 Å². The van der Waals surface area contributed by atoms with Gasteiger partial charge in [0.1, 0.15) is 6.04 Å². The van der Waals surface area contributed by atoms with Crippen LogP contribution in [0.4, 0.5) is 0 Å². The van der Waals surface area contributed by atoms with E-state index in [0.29, 0.717) is 6.54 Å². The summed E-state index contributed by atoms with van der Waals surface area (Å²) in [4.78, 5) is 42.4. The molecule has 33 heavy (non-hydrogen) atoms. The van der Waals surface area contributed by atoms with Gasteiger partial charge in [-0.05, 0) is 38.2 Å². The number of hydrogen-bond acceptors (Lipinski definition) is 5. The summed E-state index contributed by atoms with van der Waals surface area (Å²) in [5, 5.41) is 16.2. The summed E-state index contributed by atoms with van der Waals surface area (Å²) in [6.07, 6.45) is 1.53. The number of carbonyl (C=O) groups is 3. The first kappa shape index (κ1) is 24.1. The zero-order valence-corrected chi connectivity index (χ0v) is 20.6. The van der Waals surface area contributed by atoms with E-state index in [0.717, 1.165) is 18.4 Å². The van der Waals surface area contributed by atoms with Gasteiger partial charge in [0.25, 0.3) is 0 Å². The highest BCUT2D eigenvalue weighted by Gasteiger charge is 2.74. The van der Waals surface area contributed by atoms with Crippen molar-refractivity contribution in [2.24, 2.45) is 17.8 Å². The molecule has 1 spiro atoms. The Balaban J connectivity index is 1.66. The van der Waals surface area contributed by atoms with Gasteiger partial charge >= 0.3 is 0 Å². The molecule has 3 aliphatic heterocycles. The molecular formula is C25H35N3O4S. The maximum Gasteiger partial charge on any atom is 0.244 e. The van der Waals surface area contributed by atoms with Gasteiger partial charge in [-0.2, -0.15) is 0 Å². The number of fused-ring (bicyclic) bond motifs is 1. The summed E-state index contributed by atoms with van der Waals surface area (Å²) in [5.41, 5.74) is 1.00. The number of amides is 3. The third kappa shape index (κ3) is 4.05. The van der Waals surface area contributed by atoms with Crippen molar-refractivity contribution >= 4 is 29.5 Å². The first-order chi connectivity index (χ1) is 15.7. The summed E-state index contributed by atoms with van der Waals surface area (Å²) in [5.74, 6) is -1.50. The number of rotatable bonds is 8. The summed E-state index contributed by atoms with van der Waals surface area (Å²) in [7, 11) is 0. The number of thioether (sulfide) groups is 1. The molecule has 0 aliphatic carbocycles. The minimum atomic E-state index is -0.682. The maximum absolute atomic E-state index is 13.9. The predicted molar refractivity (Wildman–Crippen MR) is 128 cm³/mol. The molecule has 3 amide bonds. The largest absolute Gasteiger partial charge is 0.394 e. The summed E-state index contributed by atoms with van der Waals surface area (Å²) >= 11 is 1.65. The molecule has 2 unspecified atom stereocenters. The second kappa shape index (κ2) is 9.29. The molecule has 1 aromatic carbocycles. The smallest absolute Gasteiger partial charge is 0.244 e. The molecule has 3 N–H and O–H groups in total. The number of aliphatic hydroxyl groups excluding tert-OH is 1. The highest BCUT2D eigenvalue weighted by molar-refractivity contribution is 8.02. The second-order valence-electron chi connectivity index (χ2n) is 10.2. The van der Waals surface area contributed by atoms with Crippen LogP contribution in [-0.2, 0) is 20.9 Å². The SMILES string of the molecule is CC(C)NC(=O)C1N([C@@H](CO)C(C)C)C(=O)[C@@H]2[C@@H](C(=O)NCc3ccccc3)[C@H]3CCC12S3. The minimum Gasteiger partial charge on any atom is -0.394 e. The normalized spacial score (nSPS) is 31.2. The molecule has 4 rings (SSSR count). The van der Waals surface area contributed by atoms with E-state index in [1.165, 1.54) is 0 Å². The molecule has 8 heteroatoms. The second-order valence-corrected chi connectivity index (χ2v) is 11.8. The topological polar surface area (TPSA) is 98.7 Å². The van der Waals surface area contributed by atoms with Crippen LogP contribution in [0.25, 0.3) is 0 Å². The third-order valence-electron chi connectivity index (χ3n) is 7.34. The maximum atomic E-state index is 13.9. The Morgan fingerprint density at radius 2 is 1.88 bits per heavy atom. The lowest BCUT2D eigenvalue weighted by Gasteiger charge is -2.38. The van der Waals surface area contributed by atoms with Crippen molar-refractivity contribution in [2.75, 3.05) is 6.61 Å². The highest BCUT2D eigenvalue weighted by Crippen LogP contribution is 2.66. The van der Waals surface area contributed by atoms with E-state index in [2.05, 4.69) is 10.6 Å². The Labute approximate surface area is 200 Å². The number of nitrogens with one attached hydrogen (secondary N) is 2. The molecule has 3 fully saturated rings. The molecule has 1 aromatic rings. The van der Waals surface area contributed by atoms with E-state index in [-0.39, 0.29) is 41.5 Å². The van der Waals surface area contributed by atoms with Gasteiger partial charge in [-0.1, -0.05) is 44.2 Å². The average Bonchev–Trinajstić information content (AvgIpc) is 3.40. The van der Waals surface area contributed by atoms with Gasteiger partial charge in [0, 0.05) is 17.8 Å². The van der Waals surface area contributed by atoms with Gasteiger partial charge in [-0.25, -0.2) is 0 Å². The lowest BCUT2D eigenvalue weighted by Crippen LogP contribution is -2.58. The number of carbonyl (C=O) groups excluding carboxylic acids is 3. The molecule has 7 nitrogen and oxygen atoms in total. The lowest BCUT2D eigenvalue weighted by atomic mass is 9.70. The van der Waals surface area contributed by atoms with Gasteiger partial charge in [0.2, 0.25) is 17.7 Å². The molecule has 3 heterocycles. The molecule has 0 radical (unpaired) electrons. The number of likely N-dealkylation sites (tertiary alicyclic amines) is 1. The zero-order chi connectivity index (χ0) is 23.9. The molecule has 0 aromatic heterocycles. The molecule has 3 saturated heterocycles. The van der Waals surface area contributed by atoms with Gasteiger partial charge in [0.05, 0.1) is 29.2 Å². The Hall–Kier alpha value is -2.06. The number of nitrogens with zero attached hydrogens (tertiary/aromatic N) is 1. The Kier molecular flexibility index (Phi) is 6.78. The molecule has 6 atom stereocenters. The van der Waals surface area contributed by atoms with Gasteiger partial charge in [-0.3, -0.25) is 14.4 Å². The molecule has 3 aliphatic rings. The number of hydrogen-bond donors (Lipinski definition) is 3. The zero-order valence-electron chi connectivity index (χ0n) is 19.8. The molecule has 180 valence electrons. The standard InChI is InChI=1S/C25H35N3O4S/c1-14(2)17(13-29)28-21(23(31)27-15(3)4)25-11-10-18(33-25)19(20(25)24(28)32)22(30)26-12-16-8-6-5-7-9-16/h5-9,14-15,17-21,29H,10-13H2,1-4H3,(H,26,30)(H,27,31)/t17-,18+,19-,20-,21?,25?/m0/s1. The Morgan fingerprint density at radius 1 is 1.18 bits per heavy atom. The predicted octanol–water partition coefficient (Wildman–Crippen LogP) is 1.94. The van der Waals surface area contributed by atoms with Crippen molar-refractivity contribution < 1.29 is 19.5 Å². The van der Waals surface area contributed by atoms with Crippen molar-refractivity contribution in [3.05, 3.63) is 35.9 Å². The van der Waals surface area contributed by atoms with Crippen molar-refractivity contribution in [2.45, 2.75) is 75.2 Å². The monoisotopic (exact) mass is 473 g/mol. The Bertz CT molecular complexity index is 908. The molecule has 0 saturated carbocycles. The van der Waals surface area contributed by atoms with E-state index in [4.69, 9.17) is 0 Å². The van der Waals surface area contributed by atoms with Crippen LogP contribution in [0.2, 0.25) is 0 Å². The number of aliphatic hydroxyl groups is 1. The van der Waals surface area contributed by atoms with Gasteiger partial charge in [0.15, 0.2) is 0 Å².